The van der Waals surface area contributed by atoms with Crippen LogP contribution in [-0.4, -0.2) is 36.0 Å². The molecule has 1 atom stereocenters. The van der Waals surface area contributed by atoms with Gasteiger partial charge in [-0.15, -0.1) is 0 Å². The van der Waals surface area contributed by atoms with Gasteiger partial charge in [0.15, 0.2) is 5.75 Å². The van der Waals surface area contributed by atoms with E-state index in [9.17, 15) is 15.2 Å². The van der Waals surface area contributed by atoms with Gasteiger partial charge in [0.05, 0.1) is 11.5 Å². The van der Waals surface area contributed by atoms with Crippen LogP contribution in [0, 0.1) is 10.1 Å². The summed E-state index contributed by atoms with van der Waals surface area (Å²) in [6.07, 6.45) is -0.825. The van der Waals surface area contributed by atoms with Crippen LogP contribution in [0.3, 0.4) is 0 Å². The number of hydrogen-bond acceptors (Lipinski definition) is 6. The van der Waals surface area contributed by atoms with Crippen LogP contribution in [-0.2, 0) is 11.3 Å². The smallest absolute Gasteiger partial charge is 0.311 e. The average molecular weight is 270 g/mol. The monoisotopic (exact) mass is 270 g/mol. The summed E-state index contributed by atoms with van der Waals surface area (Å²) in [5.41, 5.74) is 5.91. The van der Waals surface area contributed by atoms with E-state index in [1.54, 1.807) is 6.07 Å². The molecule has 106 valence electrons. The summed E-state index contributed by atoms with van der Waals surface area (Å²) in [7, 11) is 0. The molecule has 1 aromatic rings. The van der Waals surface area contributed by atoms with Crippen molar-refractivity contribution in [2.75, 3.05) is 19.8 Å². The van der Waals surface area contributed by atoms with E-state index in [2.05, 4.69) is 0 Å². The summed E-state index contributed by atoms with van der Waals surface area (Å²) >= 11 is 0. The maximum absolute atomic E-state index is 10.9. The summed E-state index contributed by atoms with van der Waals surface area (Å²) in [6.45, 7) is 2.58. The first-order valence-electron chi connectivity index (χ1n) is 5.94. The number of hydrogen-bond donors (Lipinski definition) is 2. The minimum atomic E-state index is -0.825. The number of ether oxygens (including phenoxy) is 2. The molecular formula is C12H18N2O5. The zero-order chi connectivity index (χ0) is 14.3. The van der Waals surface area contributed by atoms with Crippen LogP contribution in [0.1, 0.15) is 12.5 Å². The fourth-order valence-corrected chi connectivity index (χ4v) is 1.44. The number of nitro benzene ring substituents is 1. The van der Waals surface area contributed by atoms with Gasteiger partial charge in [0.1, 0.15) is 12.7 Å². The van der Waals surface area contributed by atoms with Gasteiger partial charge in [0.2, 0.25) is 0 Å². The first-order chi connectivity index (χ1) is 9.08. The van der Waals surface area contributed by atoms with Gasteiger partial charge in [0.25, 0.3) is 0 Å². The van der Waals surface area contributed by atoms with E-state index >= 15 is 0 Å². The Bertz CT molecular complexity index is 425. The van der Waals surface area contributed by atoms with Gasteiger partial charge >= 0.3 is 5.69 Å². The molecule has 0 spiro atoms. The molecule has 0 fully saturated rings. The first kappa shape index (κ1) is 15.4. The molecule has 0 radical (unpaired) electrons. The highest BCUT2D eigenvalue weighted by molar-refractivity contribution is 5.48. The quantitative estimate of drug-likeness (QED) is 0.535. The van der Waals surface area contributed by atoms with Crippen LogP contribution in [0.4, 0.5) is 5.69 Å². The minimum Gasteiger partial charge on any atom is -0.484 e. The van der Waals surface area contributed by atoms with Gasteiger partial charge in [-0.1, -0.05) is 6.07 Å². The molecule has 1 rings (SSSR count). The number of nitrogens with two attached hydrogens (primary N) is 1. The second-order valence-electron chi connectivity index (χ2n) is 3.89. The normalized spacial score (nSPS) is 12.2. The molecule has 0 bridgehead atoms. The molecule has 0 aromatic heterocycles. The van der Waals surface area contributed by atoms with E-state index in [0.717, 1.165) is 0 Å². The molecule has 7 nitrogen and oxygen atoms in total. The van der Waals surface area contributed by atoms with Gasteiger partial charge in [-0.05, 0) is 18.6 Å². The fourth-order valence-electron chi connectivity index (χ4n) is 1.44. The Kier molecular flexibility index (Phi) is 6.20. The lowest BCUT2D eigenvalue weighted by Gasteiger charge is -2.12. The van der Waals surface area contributed by atoms with E-state index in [0.29, 0.717) is 12.2 Å². The van der Waals surface area contributed by atoms with Crippen molar-refractivity contribution in [3.8, 4) is 5.75 Å². The van der Waals surface area contributed by atoms with Crippen molar-refractivity contribution in [3.63, 3.8) is 0 Å². The Morgan fingerprint density at radius 2 is 2.21 bits per heavy atom. The molecule has 0 aliphatic carbocycles. The third kappa shape index (κ3) is 4.82. The zero-order valence-electron chi connectivity index (χ0n) is 10.7. The maximum atomic E-state index is 10.9. The van der Waals surface area contributed by atoms with Crippen LogP contribution in [0.15, 0.2) is 18.2 Å². The predicted molar refractivity (Wildman–Crippen MR) is 69.0 cm³/mol. The minimum absolute atomic E-state index is 0.0667. The van der Waals surface area contributed by atoms with Crippen molar-refractivity contribution in [3.05, 3.63) is 33.9 Å². The van der Waals surface area contributed by atoms with Crippen molar-refractivity contribution in [2.45, 2.75) is 19.6 Å². The molecule has 7 heteroatoms. The lowest BCUT2D eigenvalue weighted by atomic mass is 10.2. The second-order valence-corrected chi connectivity index (χ2v) is 3.89. The third-order valence-electron chi connectivity index (χ3n) is 2.40. The Morgan fingerprint density at radius 1 is 1.47 bits per heavy atom. The van der Waals surface area contributed by atoms with E-state index in [1.165, 1.54) is 12.1 Å². The van der Waals surface area contributed by atoms with Crippen LogP contribution < -0.4 is 10.5 Å². The molecule has 19 heavy (non-hydrogen) atoms. The van der Waals surface area contributed by atoms with Crippen LogP contribution >= 0.6 is 0 Å². The van der Waals surface area contributed by atoms with Crippen LogP contribution in [0.25, 0.3) is 0 Å². The van der Waals surface area contributed by atoms with Gasteiger partial charge in [-0.2, -0.15) is 0 Å². The first-order valence-corrected chi connectivity index (χ1v) is 5.94. The Labute approximate surface area is 111 Å². The second kappa shape index (κ2) is 7.67. The molecule has 1 aromatic carbocycles. The van der Waals surface area contributed by atoms with Gasteiger partial charge in [-0.25, -0.2) is 0 Å². The summed E-state index contributed by atoms with van der Waals surface area (Å²) in [4.78, 5) is 10.4. The summed E-state index contributed by atoms with van der Waals surface area (Å²) in [6, 6.07) is 4.50. The standard InChI is InChI=1S/C12H18N2O5/c1-2-18-7-10(15)8-19-12-4-3-9(6-13)5-11(12)14(16)17/h3-5,10,15H,2,6-8,13H2,1H3. The van der Waals surface area contributed by atoms with E-state index in [1.807, 2.05) is 6.92 Å². The SMILES string of the molecule is CCOCC(O)COc1ccc(CN)cc1[N+](=O)[O-]. The highest BCUT2D eigenvalue weighted by Gasteiger charge is 2.17. The maximum Gasteiger partial charge on any atom is 0.311 e. The number of rotatable bonds is 8. The van der Waals surface area contributed by atoms with E-state index < -0.39 is 11.0 Å². The van der Waals surface area contributed by atoms with E-state index in [-0.39, 0.29) is 31.2 Å². The van der Waals surface area contributed by atoms with E-state index in [4.69, 9.17) is 15.2 Å². The fraction of sp³-hybridized carbons (Fsp3) is 0.500. The van der Waals surface area contributed by atoms with Crippen molar-refractivity contribution in [1.29, 1.82) is 0 Å². The number of nitro groups is 1. The number of aliphatic hydroxyl groups is 1. The highest BCUT2D eigenvalue weighted by Crippen LogP contribution is 2.27. The predicted octanol–water partition coefficient (Wildman–Crippen LogP) is 0.830. The molecule has 0 saturated heterocycles. The lowest BCUT2D eigenvalue weighted by molar-refractivity contribution is -0.386. The zero-order valence-corrected chi connectivity index (χ0v) is 10.7. The average Bonchev–Trinajstić information content (AvgIpc) is 2.42. The molecule has 0 saturated carbocycles. The molecule has 0 aliphatic rings. The summed E-state index contributed by atoms with van der Waals surface area (Å²) in [5.74, 6) is 0.109. The molecule has 3 N–H and O–H groups in total. The van der Waals surface area contributed by atoms with Crippen molar-refractivity contribution >= 4 is 5.69 Å². The van der Waals surface area contributed by atoms with Gasteiger partial charge in [0, 0.05) is 19.2 Å². The number of benzene rings is 1. The summed E-state index contributed by atoms with van der Waals surface area (Å²) in [5, 5.41) is 20.4. The lowest BCUT2D eigenvalue weighted by Crippen LogP contribution is -2.23. The summed E-state index contributed by atoms with van der Waals surface area (Å²) < 4.78 is 10.3. The van der Waals surface area contributed by atoms with Crippen LogP contribution in [0.2, 0.25) is 0 Å². The van der Waals surface area contributed by atoms with Gasteiger partial charge in [-0.3, -0.25) is 10.1 Å². The topological polar surface area (TPSA) is 108 Å². The highest BCUT2D eigenvalue weighted by atomic mass is 16.6. The Balaban J connectivity index is 2.69. The number of nitrogens with zero attached hydrogens (tertiary/aromatic N) is 1. The van der Waals surface area contributed by atoms with Crippen molar-refractivity contribution < 1.29 is 19.5 Å². The van der Waals surface area contributed by atoms with Crippen molar-refractivity contribution in [1.82, 2.24) is 0 Å². The van der Waals surface area contributed by atoms with Crippen LogP contribution in [0.5, 0.6) is 5.75 Å². The number of aliphatic hydroxyl groups excluding tert-OH is 1. The molecule has 0 aliphatic heterocycles. The molecular weight excluding hydrogens is 252 g/mol. The molecule has 0 heterocycles. The Morgan fingerprint density at radius 3 is 2.79 bits per heavy atom. The largest absolute Gasteiger partial charge is 0.484 e. The Hall–Kier alpha value is -1.70. The van der Waals surface area contributed by atoms with Crippen molar-refractivity contribution in [2.24, 2.45) is 5.73 Å². The molecule has 1 unspecified atom stereocenters. The van der Waals surface area contributed by atoms with Gasteiger partial charge < -0.3 is 20.3 Å². The third-order valence-corrected chi connectivity index (χ3v) is 2.40. The molecule has 0 amide bonds.